The van der Waals surface area contributed by atoms with Gasteiger partial charge in [-0.25, -0.2) is 8.42 Å². The molecule has 0 unspecified atom stereocenters. The average molecular weight is 300 g/mol. The minimum Gasteiger partial charge on any atom is -0.409 e. The molecule has 0 spiro atoms. The Balaban J connectivity index is 2.68. The first-order valence-corrected chi connectivity index (χ1v) is 7.89. The van der Waals surface area contributed by atoms with E-state index in [4.69, 9.17) is 10.9 Å². The molecule has 0 fully saturated rings. The number of nitrogens with zero attached hydrogens (tertiary/aromatic N) is 2. The van der Waals surface area contributed by atoms with Gasteiger partial charge in [0.2, 0.25) is 0 Å². The van der Waals surface area contributed by atoms with E-state index in [1.807, 2.05) is 0 Å². The number of sulfone groups is 1. The van der Waals surface area contributed by atoms with Crippen molar-refractivity contribution in [3.05, 3.63) is 29.6 Å². The van der Waals surface area contributed by atoms with E-state index >= 15 is 0 Å². The number of hydrogen-bond acceptors (Lipinski definition) is 6. The summed E-state index contributed by atoms with van der Waals surface area (Å²) in [5, 5.41) is 14.6. The van der Waals surface area contributed by atoms with Gasteiger partial charge in [0.05, 0.1) is 4.75 Å². The number of amidine groups is 1. The van der Waals surface area contributed by atoms with E-state index in [-0.39, 0.29) is 5.84 Å². The van der Waals surface area contributed by atoms with E-state index in [0.29, 0.717) is 18.8 Å². The maximum Gasteiger partial charge on any atom is 0.188 e. The lowest BCUT2D eigenvalue weighted by atomic mass is 10.2. The van der Waals surface area contributed by atoms with E-state index in [9.17, 15) is 8.42 Å². The van der Waals surface area contributed by atoms with E-state index in [1.165, 1.54) is 6.26 Å². The first kappa shape index (κ1) is 16.4. The summed E-state index contributed by atoms with van der Waals surface area (Å²) in [7, 11) is -3.13. The predicted molar refractivity (Wildman–Crippen MR) is 77.4 cm³/mol. The van der Waals surface area contributed by atoms with Crippen molar-refractivity contribution in [1.82, 2.24) is 10.3 Å². The summed E-state index contributed by atoms with van der Waals surface area (Å²) < 4.78 is 22.3. The van der Waals surface area contributed by atoms with Gasteiger partial charge in [0.1, 0.15) is 5.69 Å². The molecule has 1 heterocycles. The Kier molecular flexibility index (Phi) is 5.07. The molecule has 1 aromatic heterocycles. The van der Waals surface area contributed by atoms with Gasteiger partial charge < -0.3 is 16.3 Å². The van der Waals surface area contributed by atoms with Crippen molar-refractivity contribution < 1.29 is 13.6 Å². The van der Waals surface area contributed by atoms with Crippen LogP contribution in [0.15, 0.2) is 23.5 Å². The number of aromatic nitrogens is 1. The lowest BCUT2D eigenvalue weighted by Crippen LogP contribution is -2.41. The molecule has 0 aromatic carbocycles. The van der Waals surface area contributed by atoms with Gasteiger partial charge in [0.25, 0.3) is 0 Å². The fraction of sp³-hybridized carbons (Fsp3) is 0.500. The molecule has 8 heteroatoms. The Labute approximate surface area is 118 Å². The molecule has 20 heavy (non-hydrogen) atoms. The molecular formula is C12H20N4O3S. The van der Waals surface area contributed by atoms with Crippen LogP contribution in [0, 0.1) is 0 Å². The first-order chi connectivity index (χ1) is 9.17. The Morgan fingerprint density at radius 1 is 1.55 bits per heavy atom. The largest absolute Gasteiger partial charge is 0.409 e. The molecule has 0 radical (unpaired) electrons. The van der Waals surface area contributed by atoms with Crippen LogP contribution in [-0.2, 0) is 16.4 Å². The third-order valence-corrected chi connectivity index (χ3v) is 5.23. The summed E-state index contributed by atoms with van der Waals surface area (Å²) in [5.74, 6) is -0.0664. The van der Waals surface area contributed by atoms with E-state index in [2.05, 4.69) is 15.5 Å². The van der Waals surface area contributed by atoms with Crippen molar-refractivity contribution in [1.29, 1.82) is 0 Å². The van der Waals surface area contributed by atoms with Gasteiger partial charge in [-0.05, 0) is 31.5 Å². The molecule has 1 rings (SSSR count). The Bertz CT molecular complexity index is 596. The third-order valence-electron chi connectivity index (χ3n) is 3.08. The standard InChI is InChI=1S/C12H20N4O3S/c1-12(2,20(3,18)19)8-14-7-9-4-5-15-10(6-9)11(13)16-17/h4-6,14,17H,7-8H2,1-3H3,(H2,13,16). The zero-order valence-corrected chi connectivity index (χ0v) is 12.6. The minimum atomic E-state index is -3.13. The molecule has 4 N–H and O–H groups in total. The van der Waals surface area contributed by atoms with Gasteiger partial charge in [-0.15, -0.1) is 0 Å². The van der Waals surface area contributed by atoms with Gasteiger partial charge in [-0.2, -0.15) is 0 Å². The number of nitrogens with two attached hydrogens (primary N) is 1. The average Bonchev–Trinajstić information content (AvgIpc) is 2.36. The highest BCUT2D eigenvalue weighted by atomic mass is 32.2. The van der Waals surface area contributed by atoms with Crippen LogP contribution in [0.1, 0.15) is 25.1 Å². The van der Waals surface area contributed by atoms with Crippen molar-refractivity contribution in [3.8, 4) is 0 Å². The molecule has 112 valence electrons. The molecule has 0 aliphatic heterocycles. The predicted octanol–water partition coefficient (Wildman–Crippen LogP) is 0.0889. The molecule has 0 atom stereocenters. The summed E-state index contributed by atoms with van der Waals surface area (Å²) in [6.45, 7) is 4.13. The minimum absolute atomic E-state index is 0.0664. The van der Waals surface area contributed by atoms with E-state index in [1.54, 1.807) is 32.2 Å². The second-order valence-corrected chi connectivity index (χ2v) is 7.82. The number of hydrogen-bond donors (Lipinski definition) is 3. The molecule has 0 aliphatic rings. The van der Waals surface area contributed by atoms with E-state index < -0.39 is 14.6 Å². The maximum absolute atomic E-state index is 11.6. The van der Waals surface area contributed by atoms with Crippen LogP contribution in [0.5, 0.6) is 0 Å². The second kappa shape index (κ2) is 6.19. The fourth-order valence-corrected chi connectivity index (χ4v) is 1.78. The van der Waals surface area contributed by atoms with Crippen molar-refractivity contribution >= 4 is 15.7 Å². The van der Waals surface area contributed by atoms with Crippen molar-refractivity contribution in [2.24, 2.45) is 10.9 Å². The van der Waals surface area contributed by atoms with Crippen LogP contribution in [0.2, 0.25) is 0 Å². The fourth-order valence-electron chi connectivity index (χ4n) is 1.41. The monoisotopic (exact) mass is 300 g/mol. The summed E-state index contributed by atoms with van der Waals surface area (Å²) in [4.78, 5) is 3.97. The molecule has 0 amide bonds. The van der Waals surface area contributed by atoms with E-state index in [0.717, 1.165) is 5.56 Å². The van der Waals surface area contributed by atoms with Crippen molar-refractivity contribution in [3.63, 3.8) is 0 Å². The molecule has 0 saturated carbocycles. The Hall–Kier alpha value is -1.67. The molecule has 1 aromatic rings. The van der Waals surface area contributed by atoms with Crippen LogP contribution in [0.25, 0.3) is 0 Å². The first-order valence-electron chi connectivity index (χ1n) is 6.00. The van der Waals surface area contributed by atoms with Gasteiger partial charge >= 0.3 is 0 Å². The summed E-state index contributed by atoms with van der Waals surface area (Å²) in [5.41, 5.74) is 6.69. The highest BCUT2D eigenvalue weighted by Gasteiger charge is 2.29. The normalized spacial score (nSPS) is 13.4. The number of nitrogens with one attached hydrogen (secondary N) is 1. The van der Waals surface area contributed by atoms with Gasteiger partial charge in [-0.3, -0.25) is 4.98 Å². The number of rotatable bonds is 6. The quantitative estimate of drug-likeness (QED) is 0.296. The zero-order chi connectivity index (χ0) is 15.4. The third kappa shape index (κ3) is 4.17. The molecule has 0 saturated heterocycles. The SMILES string of the molecule is CC(C)(CNCc1ccnc(C(N)=NO)c1)S(C)(=O)=O. The van der Waals surface area contributed by atoms with Gasteiger partial charge in [0.15, 0.2) is 15.7 Å². The molecule has 7 nitrogen and oxygen atoms in total. The second-order valence-electron chi connectivity index (χ2n) is 5.17. The Morgan fingerprint density at radius 3 is 2.75 bits per heavy atom. The maximum atomic E-state index is 11.6. The topological polar surface area (TPSA) is 118 Å². The van der Waals surface area contributed by atoms with Gasteiger partial charge in [-0.1, -0.05) is 5.16 Å². The lowest BCUT2D eigenvalue weighted by molar-refractivity contribution is 0.318. The van der Waals surface area contributed by atoms with Crippen molar-refractivity contribution in [2.45, 2.75) is 25.1 Å². The molecular weight excluding hydrogens is 280 g/mol. The van der Waals surface area contributed by atoms with Crippen LogP contribution in [0.3, 0.4) is 0 Å². The van der Waals surface area contributed by atoms with Crippen molar-refractivity contribution in [2.75, 3.05) is 12.8 Å². The van der Waals surface area contributed by atoms with Crippen LogP contribution >= 0.6 is 0 Å². The highest BCUT2D eigenvalue weighted by Crippen LogP contribution is 2.13. The van der Waals surface area contributed by atoms with Crippen LogP contribution in [0.4, 0.5) is 0 Å². The zero-order valence-electron chi connectivity index (χ0n) is 11.8. The van der Waals surface area contributed by atoms with Crippen LogP contribution < -0.4 is 11.1 Å². The van der Waals surface area contributed by atoms with Gasteiger partial charge in [0, 0.05) is 25.5 Å². The highest BCUT2D eigenvalue weighted by molar-refractivity contribution is 7.92. The Morgan fingerprint density at radius 2 is 2.20 bits per heavy atom. The summed E-state index contributed by atoms with van der Waals surface area (Å²) in [6.07, 6.45) is 2.77. The number of oxime groups is 1. The summed E-state index contributed by atoms with van der Waals surface area (Å²) in [6, 6.07) is 3.45. The summed E-state index contributed by atoms with van der Waals surface area (Å²) >= 11 is 0. The lowest BCUT2D eigenvalue weighted by Gasteiger charge is -2.22. The molecule has 0 aliphatic carbocycles. The smallest absolute Gasteiger partial charge is 0.188 e. The van der Waals surface area contributed by atoms with Crippen LogP contribution in [-0.4, -0.2) is 42.0 Å². The number of pyridine rings is 1. The molecule has 0 bridgehead atoms.